The molecule has 1 aromatic rings. The van der Waals surface area contributed by atoms with Crippen LogP contribution >= 0.6 is 0 Å². The molecule has 1 aromatic heterocycles. The van der Waals surface area contributed by atoms with Gasteiger partial charge in [-0.1, -0.05) is 20.8 Å². The molecule has 0 aliphatic heterocycles. The van der Waals surface area contributed by atoms with E-state index < -0.39 is 0 Å². The standard InChI is InChI=1S/C10H17N3O/c1-10(2,3)8(11)7-13-9(14)5-4-6-12-13/h4-6,8H,7,11H2,1-3H3. The Bertz CT molecular complexity index is 351. The molecule has 1 heterocycles. The lowest BCUT2D eigenvalue weighted by Crippen LogP contribution is -2.41. The van der Waals surface area contributed by atoms with Crippen LogP contribution in [-0.2, 0) is 6.54 Å². The first-order valence-electron chi connectivity index (χ1n) is 4.69. The third kappa shape index (κ3) is 2.67. The number of aromatic nitrogens is 2. The van der Waals surface area contributed by atoms with Gasteiger partial charge in [-0.05, 0) is 11.5 Å². The van der Waals surface area contributed by atoms with Gasteiger partial charge in [0.2, 0.25) is 0 Å². The van der Waals surface area contributed by atoms with Crippen molar-refractivity contribution < 1.29 is 0 Å². The molecule has 0 aliphatic carbocycles. The molecule has 1 atom stereocenters. The van der Waals surface area contributed by atoms with Gasteiger partial charge < -0.3 is 5.73 Å². The van der Waals surface area contributed by atoms with Crippen LogP contribution in [0.25, 0.3) is 0 Å². The van der Waals surface area contributed by atoms with E-state index in [1.165, 1.54) is 10.7 Å². The predicted molar refractivity (Wildman–Crippen MR) is 55.9 cm³/mol. The van der Waals surface area contributed by atoms with Gasteiger partial charge in [0, 0.05) is 18.3 Å². The van der Waals surface area contributed by atoms with Gasteiger partial charge >= 0.3 is 0 Å². The zero-order chi connectivity index (χ0) is 10.8. The van der Waals surface area contributed by atoms with Gasteiger partial charge in [-0.2, -0.15) is 5.10 Å². The molecular formula is C10H17N3O. The average Bonchev–Trinajstić information content (AvgIpc) is 2.07. The molecule has 0 bridgehead atoms. The van der Waals surface area contributed by atoms with Crippen LogP contribution < -0.4 is 11.3 Å². The molecule has 4 heteroatoms. The monoisotopic (exact) mass is 195 g/mol. The van der Waals surface area contributed by atoms with Gasteiger partial charge in [0.05, 0.1) is 6.54 Å². The fourth-order valence-electron chi connectivity index (χ4n) is 0.985. The molecule has 0 saturated carbocycles. The summed E-state index contributed by atoms with van der Waals surface area (Å²) in [5.41, 5.74) is 5.83. The van der Waals surface area contributed by atoms with Crippen LogP contribution in [0.2, 0.25) is 0 Å². The first-order chi connectivity index (χ1) is 6.41. The summed E-state index contributed by atoms with van der Waals surface area (Å²) in [7, 11) is 0. The molecule has 0 radical (unpaired) electrons. The lowest BCUT2D eigenvalue weighted by Gasteiger charge is -2.26. The van der Waals surface area contributed by atoms with Crippen molar-refractivity contribution in [1.29, 1.82) is 0 Å². The van der Waals surface area contributed by atoms with Gasteiger partial charge in [-0.3, -0.25) is 4.79 Å². The predicted octanol–water partition coefficient (Wildman–Crippen LogP) is 0.617. The Labute approximate surface area is 83.7 Å². The summed E-state index contributed by atoms with van der Waals surface area (Å²) in [6, 6.07) is 3.04. The van der Waals surface area contributed by atoms with Crippen LogP contribution in [0, 0.1) is 5.41 Å². The molecular weight excluding hydrogens is 178 g/mol. The molecule has 0 aromatic carbocycles. The van der Waals surface area contributed by atoms with Crippen molar-refractivity contribution in [1.82, 2.24) is 9.78 Å². The highest BCUT2D eigenvalue weighted by molar-refractivity contribution is 4.86. The molecule has 0 amide bonds. The molecule has 1 unspecified atom stereocenters. The minimum absolute atomic E-state index is 0.0169. The van der Waals surface area contributed by atoms with Crippen molar-refractivity contribution in [2.75, 3.05) is 0 Å². The summed E-state index contributed by atoms with van der Waals surface area (Å²) < 4.78 is 1.40. The van der Waals surface area contributed by atoms with Gasteiger partial charge in [0.15, 0.2) is 0 Å². The second kappa shape index (κ2) is 3.92. The van der Waals surface area contributed by atoms with E-state index in [0.717, 1.165) is 0 Å². The molecule has 0 saturated heterocycles. The van der Waals surface area contributed by atoms with Crippen LogP contribution in [0.5, 0.6) is 0 Å². The average molecular weight is 195 g/mol. The third-order valence-electron chi connectivity index (χ3n) is 2.27. The maximum Gasteiger partial charge on any atom is 0.266 e. The fourth-order valence-corrected chi connectivity index (χ4v) is 0.985. The SMILES string of the molecule is CC(C)(C)C(N)Cn1ncccc1=O. The van der Waals surface area contributed by atoms with Crippen LogP contribution in [0.3, 0.4) is 0 Å². The Hall–Kier alpha value is -1.16. The Kier molecular flexibility index (Phi) is 3.06. The van der Waals surface area contributed by atoms with E-state index >= 15 is 0 Å². The van der Waals surface area contributed by atoms with Crippen molar-refractivity contribution in [3.8, 4) is 0 Å². The van der Waals surface area contributed by atoms with Crippen molar-refractivity contribution in [2.45, 2.75) is 33.4 Å². The Morgan fingerprint density at radius 2 is 2.21 bits per heavy atom. The molecule has 78 valence electrons. The molecule has 0 aliphatic rings. The summed E-state index contributed by atoms with van der Waals surface area (Å²) in [6.07, 6.45) is 1.59. The summed E-state index contributed by atoms with van der Waals surface area (Å²) in [5.74, 6) is 0. The highest BCUT2D eigenvalue weighted by Crippen LogP contribution is 2.17. The summed E-state index contributed by atoms with van der Waals surface area (Å²) in [5, 5.41) is 3.96. The van der Waals surface area contributed by atoms with E-state index in [-0.39, 0.29) is 17.0 Å². The van der Waals surface area contributed by atoms with E-state index in [9.17, 15) is 4.79 Å². The minimum Gasteiger partial charge on any atom is -0.326 e. The highest BCUT2D eigenvalue weighted by Gasteiger charge is 2.21. The number of hydrogen-bond donors (Lipinski definition) is 1. The fraction of sp³-hybridized carbons (Fsp3) is 0.600. The number of nitrogens with two attached hydrogens (primary N) is 1. The lowest BCUT2D eigenvalue weighted by atomic mass is 9.87. The molecule has 1 rings (SSSR count). The highest BCUT2D eigenvalue weighted by atomic mass is 16.1. The Morgan fingerprint density at radius 3 is 2.71 bits per heavy atom. The van der Waals surface area contributed by atoms with Gasteiger partial charge in [-0.25, -0.2) is 4.68 Å². The van der Waals surface area contributed by atoms with Crippen LogP contribution in [0.1, 0.15) is 20.8 Å². The normalized spacial score (nSPS) is 14.0. The Morgan fingerprint density at radius 1 is 1.57 bits per heavy atom. The van der Waals surface area contributed by atoms with Gasteiger partial charge in [0.25, 0.3) is 5.56 Å². The van der Waals surface area contributed by atoms with E-state index in [0.29, 0.717) is 6.54 Å². The van der Waals surface area contributed by atoms with Crippen LogP contribution in [0.4, 0.5) is 0 Å². The molecule has 2 N–H and O–H groups in total. The zero-order valence-electron chi connectivity index (χ0n) is 8.90. The van der Waals surface area contributed by atoms with E-state index in [1.54, 1.807) is 12.3 Å². The van der Waals surface area contributed by atoms with E-state index in [4.69, 9.17) is 5.73 Å². The van der Waals surface area contributed by atoms with Crippen molar-refractivity contribution in [2.24, 2.45) is 11.1 Å². The van der Waals surface area contributed by atoms with Crippen LogP contribution in [-0.4, -0.2) is 15.8 Å². The lowest BCUT2D eigenvalue weighted by molar-refractivity contribution is 0.279. The number of nitrogens with zero attached hydrogens (tertiary/aromatic N) is 2. The number of hydrogen-bond acceptors (Lipinski definition) is 3. The number of rotatable bonds is 2. The van der Waals surface area contributed by atoms with Crippen molar-refractivity contribution in [3.63, 3.8) is 0 Å². The molecule has 0 fully saturated rings. The minimum atomic E-state index is -0.104. The molecule has 4 nitrogen and oxygen atoms in total. The molecule has 14 heavy (non-hydrogen) atoms. The van der Waals surface area contributed by atoms with Crippen LogP contribution in [0.15, 0.2) is 23.1 Å². The molecule has 0 spiro atoms. The maximum absolute atomic E-state index is 11.3. The summed E-state index contributed by atoms with van der Waals surface area (Å²) >= 11 is 0. The van der Waals surface area contributed by atoms with E-state index in [2.05, 4.69) is 5.10 Å². The van der Waals surface area contributed by atoms with E-state index in [1.807, 2.05) is 20.8 Å². The quantitative estimate of drug-likeness (QED) is 0.752. The first kappa shape index (κ1) is 10.9. The van der Waals surface area contributed by atoms with Gasteiger partial charge in [0.1, 0.15) is 0 Å². The van der Waals surface area contributed by atoms with Crippen molar-refractivity contribution >= 4 is 0 Å². The first-order valence-corrected chi connectivity index (χ1v) is 4.69. The maximum atomic E-state index is 11.3. The second-order valence-corrected chi connectivity index (χ2v) is 4.52. The summed E-state index contributed by atoms with van der Waals surface area (Å²) in [4.78, 5) is 11.3. The summed E-state index contributed by atoms with van der Waals surface area (Å²) in [6.45, 7) is 6.60. The Balaban J connectivity index is 2.80. The third-order valence-corrected chi connectivity index (χ3v) is 2.27. The topological polar surface area (TPSA) is 60.9 Å². The van der Waals surface area contributed by atoms with Crippen molar-refractivity contribution in [3.05, 3.63) is 28.7 Å². The zero-order valence-corrected chi connectivity index (χ0v) is 8.90. The largest absolute Gasteiger partial charge is 0.326 e. The second-order valence-electron chi connectivity index (χ2n) is 4.52. The smallest absolute Gasteiger partial charge is 0.266 e. The van der Waals surface area contributed by atoms with Gasteiger partial charge in [-0.15, -0.1) is 0 Å².